The first-order valence-electron chi connectivity index (χ1n) is 7.01. The highest BCUT2D eigenvalue weighted by molar-refractivity contribution is 5.76. The first-order valence-corrected chi connectivity index (χ1v) is 7.01. The molecule has 1 fully saturated rings. The molecule has 0 atom stereocenters. The summed E-state index contributed by atoms with van der Waals surface area (Å²) in [5, 5.41) is 11.9. The van der Waals surface area contributed by atoms with Crippen LogP contribution in [0, 0.1) is 17.2 Å². The van der Waals surface area contributed by atoms with Crippen LogP contribution < -0.4 is 5.32 Å². The first-order chi connectivity index (χ1) is 8.63. The number of piperidine rings is 1. The lowest BCUT2D eigenvalue weighted by Gasteiger charge is -2.33. The molecule has 0 unspecified atom stereocenters. The Morgan fingerprint density at radius 3 is 2.67 bits per heavy atom. The van der Waals surface area contributed by atoms with E-state index in [2.05, 4.69) is 25.2 Å². The fourth-order valence-corrected chi connectivity index (χ4v) is 2.28. The van der Waals surface area contributed by atoms with Gasteiger partial charge in [-0.3, -0.25) is 4.79 Å². The topological polar surface area (TPSA) is 56.1 Å². The molecule has 1 N–H and O–H groups in total. The van der Waals surface area contributed by atoms with Gasteiger partial charge in [-0.2, -0.15) is 5.26 Å². The molecule has 0 saturated carbocycles. The van der Waals surface area contributed by atoms with Gasteiger partial charge in [-0.05, 0) is 31.7 Å². The number of unbranched alkanes of at least 4 members (excludes halogenated alkanes) is 1. The number of nitrogens with zero attached hydrogens (tertiary/aromatic N) is 2. The Morgan fingerprint density at radius 1 is 1.44 bits per heavy atom. The molecule has 0 aromatic heterocycles. The lowest BCUT2D eigenvalue weighted by Crippen LogP contribution is -2.45. The summed E-state index contributed by atoms with van der Waals surface area (Å²) in [7, 11) is 0. The second-order valence-electron chi connectivity index (χ2n) is 5.47. The molecule has 1 aliphatic heterocycles. The molecular formula is C14H25N3O. The number of likely N-dealkylation sites (tertiary alicyclic amines) is 1. The second kappa shape index (κ2) is 8.10. The van der Waals surface area contributed by atoms with Crippen LogP contribution >= 0.6 is 0 Å². The molecule has 1 heterocycles. The zero-order chi connectivity index (χ0) is 13.4. The van der Waals surface area contributed by atoms with Crippen molar-refractivity contribution >= 4 is 5.91 Å². The molecule has 0 spiro atoms. The van der Waals surface area contributed by atoms with Gasteiger partial charge in [0.05, 0.1) is 6.07 Å². The van der Waals surface area contributed by atoms with E-state index in [1.807, 2.05) is 4.90 Å². The summed E-state index contributed by atoms with van der Waals surface area (Å²) in [6, 6.07) is 2.67. The summed E-state index contributed by atoms with van der Waals surface area (Å²) in [5.74, 6) is 0.743. The molecule has 0 aromatic rings. The maximum atomic E-state index is 11.9. The van der Waals surface area contributed by atoms with Crippen LogP contribution in [0.4, 0.5) is 0 Å². The van der Waals surface area contributed by atoms with Crippen molar-refractivity contribution in [1.29, 1.82) is 5.26 Å². The van der Waals surface area contributed by atoms with Crippen LogP contribution in [0.5, 0.6) is 0 Å². The minimum absolute atomic E-state index is 0.299. The Bertz CT molecular complexity index is 288. The normalized spacial score (nSPS) is 16.9. The fraction of sp³-hybridized carbons (Fsp3) is 0.857. The molecule has 0 aliphatic carbocycles. The Balaban J connectivity index is 2.16. The van der Waals surface area contributed by atoms with E-state index < -0.39 is 0 Å². The molecule has 18 heavy (non-hydrogen) atoms. The Hall–Kier alpha value is -1.08. The third kappa shape index (κ3) is 5.50. The van der Waals surface area contributed by atoms with E-state index in [9.17, 15) is 4.79 Å². The van der Waals surface area contributed by atoms with Crippen molar-refractivity contribution in [3.05, 3.63) is 0 Å². The predicted octanol–water partition coefficient (Wildman–Crippen LogP) is 1.92. The van der Waals surface area contributed by atoms with E-state index in [4.69, 9.17) is 5.26 Å². The number of rotatable bonds is 6. The van der Waals surface area contributed by atoms with Crippen LogP contribution in [0.3, 0.4) is 0 Å². The number of carbonyl (C=O) groups excluding carboxylic acids is 1. The summed E-state index contributed by atoms with van der Waals surface area (Å²) in [5.41, 5.74) is 0. The van der Waals surface area contributed by atoms with E-state index in [1.54, 1.807) is 0 Å². The highest BCUT2D eigenvalue weighted by atomic mass is 16.2. The van der Waals surface area contributed by atoms with Crippen molar-refractivity contribution in [3.8, 4) is 6.07 Å². The lowest BCUT2D eigenvalue weighted by atomic mass is 10.0. The van der Waals surface area contributed by atoms with Gasteiger partial charge in [0.1, 0.15) is 0 Å². The SMILES string of the molecule is CC(C)CC(=O)N1CCC(NCCCC#N)CC1. The maximum Gasteiger partial charge on any atom is 0.222 e. The van der Waals surface area contributed by atoms with Gasteiger partial charge in [-0.25, -0.2) is 0 Å². The number of amides is 1. The molecule has 1 amide bonds. The lowest BCUT2D eigenvalue weighted by molar-refractivity contribution is -0.133. The molecule has 1 rings (SSSR count). The highest BCUT2D eigenvalue weighted by Gasteiger charge is 2.22. The number of hydrogen-bond donors (Lipinski definition) is 1. The average Bonchev–Trinajstić information content (AvgIpc) is 2.34. The third-order valence-electron chi connectivity index (χ3n) is 3.33. The van der Waals surface area contributed by atoms with E-state index in [0.717, 1.165) is 38.9 Å². The van der Waals surface area contributed by atoms with Gasteiger partial charge in [-0.1, -0.05) is 13.8 Å². The molecule has 4 nitrogen and oxygen atoms in total. The molecule has 4 heteroatoms. The smallest absolute Gasteiger partial charge is 0.222 e. The zero-order valence-electron chi connectivity index (χ0n) is 11.6. The standard InChI is InChI=1S/C14H25N3O/c1-12(2)11-14(18)17-9-5-13(6-10-17)16-8-4-3-7-15/h12-13,16H,3-6,8-11H2,1-2H3. The molecule has 1 aliphatic rings. The molecule has 0 aromatic carbocycles. The van der Waals surface area contributed by atoms with Crippen molar-refractivity contribution < 1.29 is 4.79 Å². The number of carbonyl (C=O) groups is 1. The maximum absolute atomic E-state index is 11.9. The van der Waals surface area contributed by atoms with Gasteiger partial charge >= 0.3 is 0 Å². The summed E-state index contributed by atoms with van der Waals surface area (Å²) in [4.78, 5) is 13.9. The van der Waals surface area contributed by atoms with Crippen molar-refractivity contribution in [3.63, 3.8) is 0 Å². The minimum Gasteiger partial charge on any atom is -0.343 e. The number of hydrogen-bond acceptors (Lipinski definition) is 3. The van der Waals surface area contributed by atoms with Gasteiger partial charge in [0.15, 0.2) is 0 Å². The molecular weight excluding hydrogens is 226 g/mol. The predicted molar refractivity (Wildman–Crippen MR) is 71.9 cm³/mol. The second-order valence-corrected chi connectivity index (χ2v) is 5.47. The van der Waals surface area contributed by atoms with Crippen LogP contribution in [0.25, 0.3) is 0 Å². The highest BCUT2D eigenvalue weighted by Crippen LogP contribution is 2.13. The van der Waals surface area contributed by atoms with Crippen LogP contribution in [0.1, 0.15) is 46.0 Å². The van der Waals surface area contributed by atoms with E-state index >= 15 is 0 Å². The minimum atomic E-state index is 0.299. The number of nitriles is 1. The van der Waals surface area contributed by atoms with E-state index in [0.29, 0.717) is 30.7 Å². The van der Waals surface area contributed by atoms with Gasteiger partial charge in [0.2, 0.25) is 5.91 Å². The van der Waals surface area contributed by atoms with Crippen LogP contribution in [0.15, 0.2) is 0 Å². The quantitative estimate of drug-likeness (QED) is 0.734. The summed E-state index contributed by atoms with van der Waals surface area (Å²) in [6.07, 6.45) is 4.29. The summed E-state index contributed by atoms with van der Waals surface area (Å²) < 4.78 is 0. The van der Waals surface area contributed by atoms with Crippen LogP contribution in [-0.2, 0) is 4.79 Å². The first kappa shape index (κ1) is 15.0. The summed E-state index contributed by atoms with van der Waals surface area (Å²) in [6.45, 7) is 6.84. The van der Waals surface area contributed by atoms with Crippen LogP contribution in [0.2, 0.25) is 0 Å². The van der Waals surface area contributed by atoms with Crippen molar-refractivity contribution in [2.75, 3.05) is 19.6 Å². The fourth-order valence-electron chi connectivity index (χ4n) is 2.28. The molecule has 0 bridgehead atoms. The van der Waals surface area contributed by atoms with Gasteiger partial charge in [0, 0.05) is 32.0 Å². The number of nitrogens with one attached hydrogen (secondary N) is 1. The Labute approximate surface area is 110 Å². The van der Waals surface area contributed by atoms with Crippen molar-refractivity contribution in [2.45, 2.75) is 52.0 Å². The average molecular weight is 251 g/mol. The largest absolute Gasteiger partial charge is 0.343 e. The van der Waals surface area contributed by atoms with Gasteiger partial charge < -0.3 is 10.2 Å². The Morgan fingerprint density at radius 2 is 2.11 bits per heavy atom. The zero-order valence-corrected chi connectivity index (χ0v) is 11.6. The Kier molecular flexibility index (Phi) is 6.74. The monoisotopic (exact) mass is 251 g/mol. The van der Waals surface area contributed by atoms with Crippen molar-refractivity contribution in [1.82, 2.24) is 10.2 Å². The molecule has 102 valence electrons. The van der Waals surface area contributed by atoms with Crippen LogP contribution in [-0.4, -0.2) is 36.5 Å². The molecule has 0 radical (unpaired) electrons. The van der Waals surface area contributed by atoms with E-state index in [1.165, 1.54) is 0 Å². The van der Waals surface area contributed by atoms with Gasteiger partial charge in [0.25, 0.3) is 0 Å². The molecule has 1 saturated heterocycles. The van der Waals surface area contributed by atoms with Crippen molar-refractivity contribution in [2.24, 2.45) is 5.92 Å². The van der Waals surface area contributed by atoms with E-state index in [-0.39, 0.29) is 0 Å². The third-order valence-corrected chi connectivity index (χ3v) is 3.33. The van der Waals surface area contributed by atoms with Gasteiger partial charge in [-0.15, -0.1) is 0 Å². The summed E-state index contributed by atoms with van der Waals surface area (Å²) >= 11 is 0.